The molecule has 1 aromatic rings. The zero-order valence-corrected chi connectivity index (χ0v) is 11.7. The number of unbranched alkanes of at least 4 members (excludes halogenated alkanes) is 2. The Balaban J connectivity index is 2.19. The highest BCUT2D eigenvalue weighted by Crippen LogP contribution is 2.26. The van der Waals surface area contributed by atoms with E-state index in [0.717, 1.165) is 31.2 Å². The highest BCUT2D eigenvalue weighted by molar-refractivity contribution is 7.90. The van der Waals surface area contributed by atoms with Gasteiger partial charge in [-0.1, -0.05) is 43.2 Å². The van der Waals surface area contributed by atoms with Gasteiger partial charge in [0, 0.05) is 12.0 Å². The third-order valence-electron chi connectivity index (χ3n) is 2.63. The highest BCUT2D eigenvalue weighted by atomic mass is 35.5. The van der Waals surface area contributed by atoms with Crippen molar-refractivity contribution in [2.45, 2.75) is 31.1 Å². The monoisotopic (exact) mass is 274 g/mol. The van der Waals surface area contributed by atoms with Crippen LogP contribution in [-0.4, -0.2) is 20.4 Å². The van der Waals surface area contributed by atoms with E-state index in [0.29, 0.717) is 0 Å². The van der Waals surface area contributed by atoms with Crippen LogP contribution in [0.15, 0.2) is 30.3 Å². The molecule has 2 nitrogen and oxygen atoms in total. The lowest BCUT2D eigenvalue weighted by molar-refractivity contribution is 0.592. The Hall–Kier alpha value is -0.540. The molecule has 0 spiro atoms. The number of benzene rings is 1. The molecule has 0 aliphatic heterocycles. The lowest BCUT2D eigenvalue weighted by atomic mass is 10.1. The first-order chi connectivity index (χ1) is 7.99. The number of hydrogen-bond acceptors (Lipinski definition) is 2. The fraction of sp³-hybridized carbons (Fsp3) is 0.538. The van der Waals surface area contributed by atoms with Gasteiger partial charge in [0.2, 0.25) is 0 Å². The number of hydrogen-bond donors (Lipinski definition) is 0. The zero-order valence-electron chi connectivity index (χ0n) is 10.1. The van der Waals surface area contributed by atoms with Gasteiger partial charge in [-0.15, -0.1) is 11.6 Å². The molecular weight excluding hydrogens is 256 g/mol. The van der Waals surface area contributed by atoms with Crippen molar-refractivity contribution in [3.05, 3.63) is 35.9 Å². The largest absolute Gasteiger partial charge is 0.229 e. The van der Waals surface area contributed by atoms with Crippen LogP contribution in [0.1, 0.15) is 36.6 Å². The van der Waals surface area contributed by atoms with Gasteiger partial charge < -0.3 is 0 Å². The summed E-state index contributed by atoms with van der Waals surface area (Å²) in [6, 6.07) is 9.98. The summed E-state index contributed by atoms with van der Waals surface area (Å²) in [5, 5.41) is 0.0365. The van der Waals surface area contributed by atoms with Gasteiger partial charge in [0.25, 0.3) is 0 Å². The van der Waals surface area contributed by atoms with Crippen molar-refractivity contribution in [3.63, 3.8) is 0 Å². The molecular formula is C13H19ClO2S. The lowest BCUT2D eigenvalue weighted by Gasteiger charge is -2.09. The summed E-state index contributed by atoms with van der Waals surface area (Å²) in [6.07, 6.45) is 4.80. The van der Waals surface area contributed by atoms with Crippen LogP contribution >= 0.6 is 11.6 Å². The molecule has 0 radical (unpaired) electrons. The van der Waals surface area contributed by atoms with Crippen molar-refractivity contribution < 1.29 is 8.42 Å². The number of alkyl halides is 1. The Morgan fingerprint density at radius 3 is 2.35 bits per heavy atom. The van der Waals surface area contributed by atoms with Crippen molar-refractivity contribution in [3.8, 4) is 0 Å². The molecule has 0 bridgehead atoms. The van der Waals surface area contributed by atoms with Crippen molar-refractivity contribution in [2.75, 3.05) is 12.0 Å². The maximum atomic E-state index is 10.9. The normalized spacial score (nSPS) is 13.5. The molecule has 0 aromatic heterocycles. The molecule has 0 aliphatic rings. The molecule has 4 heteroatoms. The van der Waals surface area contributed by atoms with Crippen LogP contribution in [0.3, 0.4) is 0 Å². The Morgan fingerprint density at radius 1 is 1.12 bits per heavy atom. The predicted molar refractivity (Wildman–Crippen MR) is 73.2 cm³/mol. The Morgan fingerprint density at radius 2 is 1.76 bits per heavy atom. The predicted octanol–water partition coefficient (Wildman–Crippen LogP) is 3.57. The van der Waals surface area contributed by atoms with E-state index >= 15 is 0 Å². The maximum absolute atomic E-state index is 10.9. The molecule has 17 heavy (non-hydrogen) atoms. The Labute approximate surface area is 109 Å². The fourth-order valence-electron chi connectivity index (χ4n) is 1.69. The van der Waals surface area contributed by atoms with Gasteiger partial charge in [0.1, 0.15) is 9.84 Å². The van der Waals surface area contributed by atoms with Crippen LogP contribution in [0, 0.1) is 0 Å². The van der Waals surface area contributed by atoms with E-state index in [4.69, 9.17) is 11.6 Å². The average Bonchev–Trinajstić information content (AvgIpc) is 2.28. The third kappa shape index (κ3) is 6.69. The Kier molecular flexibility index (Phi) is 6.00. The molecule has 0 saturated carbocycles. The minimum absolute atomic E-state index is 0.0365. The average molecular weight is 275 g/mol. The molecule has 0 heterocycles. The summed E-state index contributed by atoms with van der Waals surface area (Å²) in [7, 11) is -2.81. The first-order valence-electron chi connectivity index (χ1n) is 5.86. The van der Waals surface area contributed by atoms with E-state index in [1.807, 2.05) is 30.3 Å². The second-order valence-electron chi connectivity index (χ2n) is 4.36. The van der Waals surface area contributed by atoms with E-state index in [2.05, 4.69) is 0 Å². The number of rotatable bonds is 7. The van der Waals surface area contributed by atoms with E-state index in [-0.39, 0.29) is 11.1 Å². The lowest BCUT2D eigenvalue weighted by Crippen LogP contribution is -2.02. The minimum atomic E-state index is -2.81. The number of sulfone groups is 1. The fourth-order valence-corrected chi connectivity index (χ4v) is 2.72. The van der Waals surface area contributed by atoms with Gasteiger partial charge in [-0.05, 0) is 18.4 Å². The van der Waals surface area contributed by atoms with Crippen molar-refractivity contribution in [1.29, 1.82) is 0 Å². The standard InChI is InChI=1S/C13H19ClO2S/c1-17(15,16)11-7-3-6-10-13(14)12-8-4-2-5-9-12/h2,4-5,8-9,13H,3,6-7,10-11H2,1H3. The molecule has 0 amide bonds. The van der Waals surface area contributed by atoms with Gasteiger partial charge in [0.05, 0.1) is 5.38 Å². The van der Waals surface area contributed by atoms with Gasteiger partial charge in [0.15, 0.2) is 0 Å². The SMILES string of the molecule is CS(=O)(=O)CCCCCC(Cl)c1ccccc1. The molecule has 1 rings (SSSR count). The van der Waals surface area contributed by atoms with Crippen molar-refractivity contribution in [1.82, 2.24) is 0 Å². The number of halogens is 1. The smallest absolute Gasteiger partial charge is 0.147 e. The summed E-state index contributed by atoms with van der Waals surface area (Å²) in [6.45, 7) is 0. The van der Waals surface area contributed by atoms with Gasteiger partial charge >= 0.3 is 0 Å². The first kappa shape index (κ1) is 14.5. The maximum Gasteiger partial charge on any atom is 0.147 e. The topological polar surface area (TPSA) is 34.1 Å². The molecule has 0 aliphatic carbocycles. The van der Waals surface area contributed by atoms with Crippen LogP contribution in [0.4, 0.5) is 0 Å². The van der Waals surface area contributed by atoms with E-state index in [9.17, 15) is 8.42 Å². The van der Waals surface area contributed by atoms with Crippen molar-refractivity contribution in [2.24, 2.45) is 0 Å². The summed E-state index contributed by atoms with van der Waals surface area (Å²) in [5.41, 5.74) is 1.14. The minimum Gasteiger partial charge on any atom is -0.229 e. The summed E-state index contributed by atoms with van der Waals surface area (Å²) >= 11 is 6.26. The summed E-state index contributed by atoms with van der Waals surface area (Å²) < 4.78 is 21.8. The molecule has 96 valence electrons. The van der Waals surface area contributed by atoms with E-state index in [1.54, 1.807) is 0 Å². The van der Waals surface area contributed by atoms with Gasteiger partial charge in [-0.25, -0.2) is 8.42 Å². The quantitative estimate of drug-likeness (QED) is 0.563. The molecule has 0 saturated heterocycles. The molecule has 1 atom stereocenters. The first-order valence-corrected chi connectivity index (χ1v) is 8.35. The Bertz CT molecular complexity index is 414. The van der Waals surface area contributed by atoms with Crippen LogP contribution < -0.4 is 0 Å². The zero-order chi connectivity index (χ0) is 12.7. The molecule has 0 N–H and O–H groups in total. The van der Waals surface area contributed by atoms with Crippen molar-refractivity contribution >= 4 is 21.4 Å². The van der Waals surface area contributed by atoms with Gasteiger partial charge in [-0.2, -0.15) is 0 Å². The summed E-state index contributed by atoms with van der Waals surface area (Å²) in [4.78, 5) is 0. The molecule has 0 fully saturated rings. The van der Waals surface area contributed by atoms with Gasteiger partial charge in [-0.3, -0.25) is 0 Å². The third-order valence-corrected chi connectivity index (χ3v) is 4.13. The van der Waals surface area contributed by atoms with Crippen LogP contribution in [0.2, 0.25) is 0 Å². The second-order valence-corrected chi connectivity index (χ2v) is 7.14. The van der Waals surface area contributed by atoms with Crippen LogP contribution in [-0.2, 0) is 9.84 Å². The second kappa shape index (κ2) is 7.02. The molecule has 1 unspecified atom stereocenters. The molecule has 1 aromatic carbocycles. The highest BCUT2D eigenvalue weighted by Gasteiger charge is 2.07. The van der Waals surface area contributed by atoms with Crippen LogP contribution in [0.25, 0.3) is 0 Å². The van der Waals surface area contributed by atoms with Crippen LogP contribution in [0.5, 0.6) is 0 Å². The van der Waals surface area contributed by atoms with E-state index < -0.39 is 9.84 Å². The van der Waals surface area contributed by atoms with E-state index in [1.165, 1.54) is 6.26 Å². The summed E-state index contributed by atoms with van der Waals surface area (Å²) in [5.74, 6) is 0.283.